The predicted molar refractivity (Wildman–Crippen MR) is 175 cm³/mol. The van der Waals surface area contributed by atoms with Crippen molar-refractivity contribution in [2.24, 2.45) is 0 Å². The van der Waals surface area contributed by atoms with Gasteiger partial charge in [-0.05, 0) is 64.2 Å². The Kier molecular flexibility index (Phi) is 8.93. The summed E-state index contributed by atoms with van der Waals surface area (Å²) < 4.78 is 32.7. The molecule has 3 aliphatic heterocycles. The third-order valence-corrected chi connectivity index (χ3v) is 11.6. The molecule has 3 saturated heterocycles. The molecule has 0 unspecified atom stereocenters. The van der Waals surface area contributed by atoms with Crippen LogP contribution in [0, 0.1) is 0 Å². The number of amides is 1. The molecule has 0 N–H and O–H groups in total. The lowest BCUT2D eigenvalue weighted by Crippen LogP contribution is -2.53. The van der Waals surface area contributed by atoms with E-state index >= 15 is 0 Å². The van der Waals surface area contributed by atoms with Crippen molar-refractivity contribution in [1.82, 2.24) is 29.0 Å². The lowest BCUT2D eigenvalue weighted by Gasteiger charge is -2.39. The van der Waals surface area contributed by atoms with Crippen LogP contribution in [0.3, 0.4) is 0 Å². The van der Waals surface area contributed by atoms with Crippen LogP contribution in [0.2, 0.25) is 0 Å². The second kappa shape index (κ2) is 12.7. The summed E-state index contributed by atoms with van der Waals surface area (Å²) in [4.78, 5) is 33.3. The number of aromatic nitrogens is 2. The number of hydrogen-bond donors (Lipinski definition) is 0. The van der Waals surface area contributed by atoms with Crippen LogP contribution in [-0.4, -0.2) is 128 Å². The normalized spacial score (nSPS) is 22.5. The summed E-state index contributed by atoms with van der Waals surface area (Å²) in [6.45, 7) is 11.5. The standard InChI is InChI=1S/C31H41N7O4S2/c1-5-44(40,41)37-17-18-38(22(2)20-37)28-26-19-27(43-29(26)33-31(32-28)42-21-25-7-6-12-35(25)4)23-8-10-24(11-9-23)30(39)36-15-13-34(3)14-16-36/h5,8-11,19,22,25H,1,6-7,12-18,20-21H2,2-4H3/t22-,25+/m0/s1. The van der Waals surface area contributed by atoms with Crippen LogP contribution in [0.4, 0.5) is 5.82 Å². The molecular weight excluding hydrogens is 599 g/mol. The van der Waals surface area contributed by atoms with E-state index < -0.39 is 10.0 Å². The third kappa shape index (κ3) is 6.34. The number of nitrogens with zero attached hydrogens (tertiary/aromatic N) is 7. The number of piperazine rings is 2. The number of ether oxygens (including phenoxy) is 1. The number of carbonyl (C=O) groups excluding carboxylic acids is 1. The van der Waals surface area contributed by atoms with Crippen molar-refractivity contribution < 1.29 is 17.9 Å². The van der Waals surface area contributed by atoms with Gasteiger partial charge >= 0.3 is 6.01 Å². The van der Waals surface area contributed by atoms with Gasteiger partial charge in [0.15, 0.2) is 0 Å². The van der Waals surface area contributed by atoms with E-state index in [1.165, 1.54) is 4.31 Å². The monoisotopic (exact) mass is 639 g/mol. The second-order valence-corrected chi connectivity index (χ2v) is 14.9. The molecule has 1 amide bonds. The first-order valence-electron chi connectivity index (χ1n) is 15.2. The van der Waals surface area contributed by atoms with Crippen molar-refractivity contribution >= 4 is 43.3 Å². The van der Waals surface area contributed by atoms with Crippen LogP contribution in [-0.2, 0) is 10.0 Å². The van der Waals surface area contributed by atoms with Crippen molar-refractivity contribution in [3.05, 3.63) is 47.9 Å². The lowest BCUT2D eigenvalue weighted by atomic mass is 10.1. The molecule has 2 atom stereocenters. The van der Waals surface area contributed by atoms with Crippen LogP contribution in [0.15, 0.2) is 42.3 Å². The van der Waals surface area contributed by atoms with Crippen LogP contribution in [0.5, 0.6) is 6.01 Å². The molecule has 1 aromatic carbocycles. The summed E-state index contributed by atoms with van der Waals surface area (Å²) in [7, 11) is 0.690. The summed E-state index contributed by atoms with van der Waals surface area (Å²) in [5, 5.41) is 1.92. The van der Waals surface area contributed by atoms with Gasteiger partial charge in [-0.15, -0.1) is 11.3 Å². The minimum absolute atomic E-state index is 0.0652. The number of likely N-dealkylation sites (N-methyl/N-ethyl adjacent to an activating group) is 2. The number of anilines is 1. The van der Waals surface area contributed by atoms with Crippen LogP contribution in [0.1, 0.15) is 30.1 Å². The maximum atomic E-state index is 13.1. The molecule has 5 heterocycles. The zero-order valence-electron chi connectivity index (χ0n) is 25.7. The van der Waals surface area contributed by atoms with Gasteiger partial charge in [0.1, 0.15) is 17.3 Å². The summed E-state index contributed by atoms with van der Waals surface area (Å²) in [6, 6.07) is 10.4. The zero-order valence-corrected chi connectivity index (χ0v) is 27.3. The molecule has 0 radical (unpaired) electrons. The molecule has 3 aliphatic rings. The molecule has 3 fully saturated rings. The fraction of sp³-hybridized carbons (Fsp3) is 0.516. The number of likely N-dealkylation sites (tertiary alicyclic amines) is 1. The topological polar surface area (TPSA) is 102 Å². The van der Waals surface area contributed by atoms with E-state index in [0.29, 0.717) is 43.9 Å². The maximum absolute atomic E-state index is 13.1. The minimum atomic E-state index is -3.50. The Hall–Kier alpha value is -3.10. The quantitative estimate of drug-likeness (QED) is 0.368. The van der Waals surface area contributed by atoms with Gasteiger partial charge in [-0.3, -0.25) is 4.79 Å². The van der Waals surface area contributed by atoms with Crippen molar-refractivity contribution in [3.8, 4) is 16.5 Å². The van der Waals surface area contributed by atoms with Gasteiger partial charge in [0.25, 0.3) is 5.91 Å². The second-order valence-electron chi connectivity index (χ2n) is 12.0. The van der Waals surface area contributed by atoms with Gasteiger partial charge in [0.2, 0.25) is 10.0 Å². The van der Waals surface area contributed by atoms with E-state index in [1.54, 1.807) is 11.3 Å². The highest BCUT2D eigenvalue weighted by Crippen LogP contribution is 2.39. The Balaban J connectivity index is 1.29. The Morgan fingerprint density at radius 1 is 1.07 bits per heavy atom. The number of rotatable bonds is 8. The van der Waals surface area contributed by atoms with Gasteiger partial charge in [-0.1, -0.05) is 18.7 Å². The first-order chi connectivity index (χ1) is 21.1. The average molecular weight is 640 g/mol. The van der Waals surface area contributed by atoms with E-state index in [0.717, 1.165) is 77.4 Å². The molecule has 44 heavy (non-hydrogen) atoms. The Morgan fingerprint density at radius 3 is 2.48 bits per heavy atom. The van der Waals surface area contributed by atoms with Crippen molar-refractivity contribution in [1.29, 1.82) is 0 Å². The fourth-order valence-corrected chi connectivity index (χ4v) is 8.21. The first kappa shape index (κ1) is 30.9. The summed E-state index contributed by atoms with van der Waals surface area (Å²) >= 11 is 1.56. The lowest BCUT2D eigenvalue weighted by molar-refractivity contribution is 0.0664. The minimum Gasteiger partial charge on any atom is -0.462 e. The highest BCUT2D eigenvalue weighted by Gasteiger charge is 2.32. The predicted octanol–water partition coefficient (Wildman–Crippen LogP) is 3.20. The number of fused-ring (bicyclic) bond motifs is 1. The van der Waals surface area contributed by atoms with Crippen LogP contribution >= 0.6 is 11.3 Å². The highest BCUT2D eigenvalue weighted by molar-refractivity contribution is 7.92. The molecule has 6 rings (SSSR count). The average Bonchev–Trinajstić information content (AvgIpc) is 3.65. The number of hydrogen-bond acceptors (Lipinski definition) is 10. The van der Waals surface area contributed by atoms with E-state index in [-0.39, 0.29) is 11.9 Å². The summed E-state index contributed by atoms with van der Waals surface area (Å²) in [5.41, 5.74) is 1.69. The highest BCUT2D eigenvalue weighted by atomic mass is 32.2. The molecule has 0 bridgehead atoms. The van der Waals surface area contributed by atoms with E-state index in [4.69, 9.17) is 14.7 Å². The molecule has 11 nitrogen and oxygen atoms in total. The van der Waals surface area contributed by atoms with E-state index in [2.05, 4.69) is 41.4 Å². The number of sulfonamides is 1. The van der Waals surface area contributed by atoms with Gasteiger partial charge in [-0.2, -0.15) is 14.3 Å². The molecule has 236 valence electrons. The largest absolute Gasteiger partial charge is 0.462 e. The molecular formula is C31H41N7O4S2. The van der Waals surface area contributed by atoms with Gasteiger partial charge < -0.3 is 24.3 Å². The molecule has 2 aromatic heterocycles. The SMILES string of the molecule is C=CS(=O)(=O)N1CCN(c2nc(OC[C@H]3CCCN3C)nc3sc(-c4ccc(C(=O)N5CCN(C)CC5)cc4)cc23)[C@@H](C)C1. The molecule has 13 heteroatoms. The Bertz CT molecular complexity index is 1620. The fourth-order valence-electron chi connectivity index (χ4n) is 6.22. The molecule has 0 aliphatic carbocycles. The number of thiophene rings is 1. The van der Waals surface area contributed by atoms with Gasteiger partial charge in [0, 0.05) is 73.7 Å². The summed E-state index contributed by atoms with van der Waals surface area (Å²) in [6.07, 6.45) is 2.23. The van der Waals surface area contributed by atoms with Crippen molar-refractivity contribution in [3.63, 3.8) is 0 Å². The summed E-state index contributed by atoms with van der Waals surface area (Å²) in [5.74, 6) is 0.813. The van der Waals surface area contributed by atoms with Crippen LogP contribution < -0.4 is 9.64 Å². The molecule has 3 aromatic rings. The van der Waals surface area contributed by atoms with Gasteiger partial charge in [0.05, 0.1) is 5.39 Å². The Labute approximate surface area is 263 Å². The molecule has 0 spiro atoms. The Morgan fingerprint density at radius 2 is 1.82 bits per heavy atom. The third-order valence-electron chi connectivity index (χ3n) is 9.07. The van der Waals surface area contributed by atoms with E-state index in [1.807, 2.05) is 36.1 Å². The zero-order chi connectivity index (χ0) is 31.0. The van der Waals surface area contributed by atoms with Crippen molar-refractivity contribution in [2.45, 2.75) is 31.8 Å². The van der Waals surface area contributed by atoms with Crippen molar-refractivity contribution in [2.75, 3.05) is 78.0 Å². The smallest absolute Gasteiger partial charge is 0.319 e. The number of carbonyl (C=O) groups is 1. The van der Waals surface area contributed by atoms with Gasteiger partial charge in [-0.25, -0.2) is 8.42 Å². The number of benzene rings is 1. The molecule has 0 saturated carbocycles. The van der Waals surface area contributed by atoms with E-state index in [9.17, 15) is 13.2 Å². The van der Waals surface area contributed by atoms with Crippen LogP contribution in [0.25, 0.3) is 20.7 Å². The maximum Gasteiger partial charge on any atom is 0.319 e. The first-order valence-corrected chi connectivity index (χ1v) is 17.6.